The van der Waals surface area contributed by atoms with E-state index in [1.165, 1.54) is 7.05 Å². The molecule has 0 saturated carbocycles. The number of para-hydroxylation sites is 1. The Hall–Kier alpha value is -2.03. The lowest BCUT2D eigenvalue weighted by Crippen LogP contribution is -2.40. The van der Waals surface area contributed by atoms with Gasteiger partial charge in [-0.3, -0.25) is 4.99 Å². The summed E-state index contributed by atoms with van der Waals surface area (Å²) in [7, 11) is 1.52. The van der Waals surface area contributed by atoms with E-state index in [0.717, 1.165) is 15.3 Å². The van der Waals surface area contributed by atoms with E-state index in [-0.39, 0.29) is 6.54 Å². The van der Waals surface area contributed by atoms with Crippen LogP contribution in [0.15, 0.2) is 29.3 Å². The number of rotatable bonds is 6. The number of benzene rings is 1. The molecule has 0 aliphatic heterocycles. The van der Waals surface area contributed by atoms with E-state index in [9.17, 15) is 13.2 Å². The Kier molecular flexibility index (Phi) is 6.03. The maximum atomic E-state index is 12.1. The SMILES string of the molecule is CN=C(NCCNc1nc2ccccc2s1)NCCC(F)(F)F. The maximum Gasteiger partial charge on any atom is 0.390 e. The van der Waals surface area contributed by atoms with Crippen molar-refractivity contribution in [2.45, 2.75) is 12.6 Å². The van der Waals surface area contributed by atoms with Gasteiger partial charge < -0.3 is 16.0 Å². The monoisotopic (exact) mass is 345 g/mol. The number of hydrogen-bond acceptors (Lipinski definition) is 4. The molecule has 0 spiro atoms. The molecule has 0 bridgehead atoms. The third-order valence-corrected chi connectivity index (χ3v) is 3.91. The Morgan fingerprint density at radius 1 is 1.17 bits per heavy atom. The van der Waals surface area contributed by atoms with Crippen LogP contribution in [0, 0.1) is 0 Å². The molecule has 0 aliphatic carbocycles. The van der Waals surface area contributed by atoms with Gasteiger partial charge in [-0.15, -0.1) is 0 Å². The molecule has 0 atom stereocenters. The Morgan fingerprint density at radius 2 is 1.91 bits per heavy atom. The minimum Gasteiger partial charge on any atom is -0.360 e. The van der Waals surface area contributed by atoms with E-state index in [2.05, 4.69) is 25.9 Å². The van der Waals surface area contributed by atoms with Crippen molar-refractivity contribution in [3.05, 3.63) is 24.3 Å². The number of anilines is 1. The van der Waals surface area contributed by atoms with Gasteiger partial charge in [0.15, 0.2) is 11.1 Å². The Balaban J connectivity index is 1.69. The largest absolute Gasteiger partial charge is 0.390 e. The number of hydrogen-bond donors (Lipinski definition) is 3. The third-order valence-electron chi connectivity index (χ3n) is 2.91. The van der Waals surface area contributed by atoms with Gasteiger partial charge in [0.05, 0.1) is 16.6 Å². The highest BCUT2D eigenvalue weighted by Gasteiger charge is 2.26. The molecule has 1 aromatic heterocycles. The highest BCUT2D eigenvalue weighted by Crippen LogP contribution is 2.24. The summed E-state index contributed by atoms with van der Waals surface area (Å²) in [5, 5.41) is 9.56. The number of halogens is 3. The number of thiazole rings is 1. The van der Waals surface area contributed by atoms with E-state index >= 15 is 0 Å². The quantitative estimate of drug-likeness (QED) is 0.428. The molecule has 0 saturated heterocycles. The summed E-state index contributed by atoms with van der Waals surface area (Å²) >= 11 is 1.56. The average molecular weight is 345 g/mol. The Labute approximate surface area is 136 Å². The molecule has 2 aromatic rings. The minimum absolute atomic E-state index is 0.200. The van der Waals surface area contributed by atoms with Crippen molar-refractivity contribution in [2.24, 2.45) is 4.99 Å². The summed E-state index contributed by atoms with van der Waals surface area (Å²) in [4.78, 5) is 8.31. The second-order valence-electron chi connectivity index (χ2n) is 4.70. The number of nitrogens with one attached hydrogen (secondary N) is 3. The molecule has 0 amide bonds. The summed E-state index contributed by atoms with van der Waals surface area (Å²) in [6.45, 7) is 0.899. The Bertz CT molecular complexity index is 620. The zero-order chi connectivity index (χ0) is 16.7. The predicted octanol–water partition coefficient (Wildman–Crippen LogP) is 2.83. The van der Waals surface area contributed by atoms with Gasteiger partial charge in [-0.05, 0) is 12.1 Å². The van der Waals surface area contributed by atoms with Crippen LogP contribution < -0.4 is 16.0 Å². The molecule has 9 heteroatoms. The first-order valence-electron chi connectivity index (χ1n) is 7.08. The van der Waals surface area contributed by atoms with Crippen LogP contribution in [0.3, 0.4) is 0 Å². The molecular weight excluding hydrogens is 327 g/mol. The van der Waals surface area contributed by atoms with Crippen molar-refractivity contribution in [1.82, 2.24) is 15.6 Å². The van der Waals surface area contributed by atoms with Crippen LogP contribution in [0.5, 0.6) is 0 Å². The highest BCUT2D eigenvalue weighted by molar-refractivity contribution is 7.22. The molecule has 23 heavy (non-hydrogen) atoms. The first-order valence-corrected chi connectivity index (χ1v) is 7.90. The second kappa shape index (κ2) is 8.00. The van der Waals surface area contributed by atoms with Crippen LogP contribution in [-0.2, 0) is 0 Å². The summed E-state index contributed by atoms with van der Waals surface area (Å²) < 4.78 is 37.3. The van der Waals surface area contributed by atoms with Crippen LogP contribution in [0.25, 0.3) is 10.2 Å². The number of fused-ring (bicyclic) bond motifs is 1. The number of nitrogens with zero attached hydrogens (tertiary/aromatic N) is 2. The molecule has 1 heterocycles. The number of aliphatic imine (C=N–C) groups is 1. The van der Waals surface area contributed by atoms with Crippen molar-refractivity contribution in [3.8, 4) is 0 Å². The van der Waals surface area contributed by atoms with Crippen LogP contribution in [-0.4, -0.2) is 43.8 Å². The first kappa shape index (κ1) is 17.3. The van der Waals surface area contributed by atoms with Crippen LogP contribution in [0.4, 0.5) is 18.3 Å². The standard InChI is InChI=1S/C14H18F3N5S/c1-18-12(19-7-6-14(15,16)17)20-8-9-21-13-22-10-4-2-3-5-11(10)23-13/h2-5H,6-9H2,1H3,(H,21,22)(H2,18,19,20). The maximum absolute atomic E-state index is 12.1. The number of guanidine groups is 1. The van der Waals surface area contributed by atoms with Gasteiger partial charge >= 0.3 is 6.18 Å². The number of alkyl halides is 3. The highest BCUT2D eigenvalue weighted by atomic mass is 32.1. The topological polar surface area (TPSA) is 61.3 Å². The molecule has 5 nitrogen and oxygen atoms in total. The molecule has 0 fully saturated rings. The zero-order valence-electron chi connectivity index (χ0n) is 12.6. The molecule has 0 radical (unpaired) electrons. The molecule has 2 rings (SSSR count). The van der Waals surface area contributed by atoms with E-state index < -0.39 is 12.6 Å². The molecular formula is C14H18F3N5S. The van der Waals surface area contributed by atoms with E-state index in [4.69, 9.17) is 0 Å². The van der Waals surface area contributed by atoms with E-state index in [1.807, 2.05) is 24.3 Å². The molecule has 3 N–H and O–H groups in total. The molecule has 0 unspecified atom stereocenters. The molecule has 1 aromatic carbocycles. The fourth-order valence-electron chi connectivity index (χ4n) is 1.84. The average Bonchev–Trinajstić information content (AvgIpc) is 2.91. The van der Waals surface area contributed by atoms with Crippen molar-refractivity contribution >= 4 is 32.6 Å². The summed E-state index contributed by atoms with van der Waals surface area (Å²) in [5.41, 5.74) is 0.942. The van der Waals surface area contributed by atoms with Gasteiger partial charge in [0, 0.05) is 26.7 Å². The van der Waals surface area contributed by atoms with Gasteiger partial charge in [-0.1, -0.05) is 23.5 Å². The van der Waals surface area contributed by atoms with Gasteiger partial charge in [0.2, 0.25) is 0 Å². The Morgan fingerprint density at radius 3 is 2.61 bits per heavy atom. The van der Waals surface area contributed by atoms with Crippen molar-refractivity contribution < 1.29 is 13.2 Å². The normalized spacial score (nSPS) is 12.4. The summed E-state index contributed by atoms with van der Waals surface area (Å²) in [6, 6.07) is 7.84. The smallest absolute Gasteiger partial charge is 0.360 e. The predicted molar refractivity (Wildman–Crippen MR) is 88.1 cm³/mol. The summed E-state index contributed by atoms with van der Waals surface area (Å²) in [5.74, 6) is 0.348. The third kappa shape index (κ3) is 5.93. The zero-order valence-corrected chi connectivity index (χ0v) is 13.4. The van der Waals surface area contributed by atoms with Crippen molar-refractivity contribution in [2.75, 3.05) is 32.0 Å². The fraction of sp³-hybridized carbons (Fsp3) is 0.429. The van der Waals surface area contributed by atoms with E-state index in [0.29, 0.717) is 19.0 Å². The summed E-state index contributed by atoms with van der Waals surface area (Å²) in [6.07, 6.45) is -5.06. The fourth-order valence-corrected chi connectivity index (χ4v) is 2.73. The lowest BCUT2D eigenvalue weighted by atomic mass is 10.3. The first-order chi connectivity index (χ1) is 11.0. The lowest BCUT2D eigenvalue weighted by Gasteiger charge is -2.13. The van der Waals surface area contributed by atoms with Gasteiger partial charge in [-0.2, -0.15) is 13.2 Å². The second-order valence-corrected chi connectivity index (χ2v) is 5.74. The minimum atomic E-state index is -4.17. The number of aromatic nitrogens is 1. The van der Waals surface area contributed by atoms with Gasteiger partial charge in [-0.25, -0.2) is 4.98 Å². The van der Waals surface area contributed by atoms with Crippen LogP contribution in [0.1, 0.15) is 6.42 Å². The van der Waals surface area contributed by atoms with Crippen molar-refractivity contribution in [1.29, 1.82) is 0 Å². The van der Waals surface area contributed by atoms with Crippen LogP contribution in [0.2, 0.25) is 0 Å². The van der Waals surface area contributed by atoms with Crippen molar-refractivity contribution in [3.63, 3.8) is 0 Å². The van der Waals surface area contributed by atoms with Crippen LogP contribution >= 0.6 is 11.3 Å². The van der Waals surface area contributed by atoms with Gasteiger partial charge in [0.25, 0.3) is 0 Å². The van der Waals surface area contributed by atoms with E-state index in [1.54, 1.807) is 11.3 Å². The lowest BCUT2D eigenvalue weighted by molar-refractivity contribution is -0.132. The van der Waals surface area contributed by atoms with Gasteiger partial charge in [0.1, 0.15) is 0 Å². The molecule has 126 valence electrons. The molecule has 0 aliphatic rings.